The van der Waals surface area contributed by atoms with Crippen LogP contribution in [0.2, 0.25) is 0 Å². The van der Waals surface area contributed by atoms with E-state index in [-0.39, 0.29) is 11.9 Å². The molecule has 0 aliphatic carbocycles. The molecule has 0 radical (unpaired) electrons. The van der Waals surface area contributed by atoms with Crippen LogP contribution in [-0.4, -0.2) is 48.9 Å². The second-order valence-corrected chi connectivity index (χ2v) is 5.33. The van der Waals surface area contributed by atoms with Gasteiger partial charge in [0, 0.05) is 19.3 Å². The number of H-pyrrole nitrogens is 1. The van der Waals surface area contributed by atoms with Crippen molar-refractivity contribution in [2.24, 2.45) is 7.05 Å². The standard InChI is InChI=1S/C13H19N7O/c1-9-14-13(17-16-9)10-4-3-6-20(10)8-12(21)15-11-5-7-19(2)18-11/h5,7,10H,3-4,6,8H2,1-2H3,(H,14,16,17)(H,15,18,21)/t10-/m1/s1. The number of amides is 1. The Morgan fingerprint density at radius 1 is 1.57 bits per heavy atom. The van der Waals surface area contributed by atoms with E-state index in [1.54, 1.807) is 16.9 Å². The summed E-state index contributed by atoms with van der Waals surface area (Å²) in [6.07, 6.45) is 3.83. The van der Waals surface area contributed by atoms with Gasteiger partial charge in [-0.1, -0.05) is 0 Å². The van der Waals surface area contributed by atoms with Crippen LogP contribution in [0, 0.1) is 6.92 Å². The minimum absolute atomic E-state index is 0.0622. The van der Waals surface area contributed by atoms with Gasteiger partial charge < -0.3 is 5.32 Å². The predicted octanol–water partition coefficient (Wildman–Crippen LogP) is 0.622. The van der Waals surface area contributed by atoms with Crippen molar-refractivity contribution in [1.82, 2.24) is 29.9 Å². The van der Waals surface area contributed by atoms with Gasteiger partial charge in [-0.05, 0) is 26.3 Å². The van der Waals surface area contributed by atoms with Crippen molar-refractivity contribution < 1.29 is 4.79 Å². The average Bonchev–Trinajstić information content (AvgIpc) is 3.12. The van der Waals surface area contributed by atoms with Crippen LogP contribution in [0.25, 0.3) is 0 Å². The van der Waals surface area contributed by atoms with E-state index in [9.17, 15) is 4.79 Å². The summed E-state index contributed by atoms with van der Waals surface area (Å²) in [4.78, 5) is 18.6. The van der Waals surface area contributed by atoms with Gasteiger partial charge in [0.25, 0.3) is 0 Å². The van der Waals surface area contributed by atoms with E-state index < -0.39 is 0 Å². The Labute approximate surface area is 122 Å². The molecule has 1 saturated heterocycles. The molecular formula is C13H19N7O. The Hall–Kier alpha value is -2.22. The zero-order valence-corrected chi connectivity index (χ0v) is 12.2. The minimum atomic E-state index is -0.0622. The highest BCUT2D eigenvalue weighted by molar-refractivity contribution is 5.91. The Morgan fingerprint density at radius 3 is 3.10 bits per heavy atom. The Kier molecular flexibility index (Phi) is 3.70. The normalized spacial score (nSPS) is 19.0. The zero-order chi connectivity index (χ0) is 14.8. The van der Waals surface area contributed by atoms with Gasteiger partial charge in [-0.2, -0.15) is 10.2 Å². The summed E-state index contributed by atoms with van der Waals surface area (Å²) in [5.74, 6) is 2.09. The Morgan fingerprint density at radius 2 is 2.43 bits per heavy atom. The third kappa shape index (κ3) is 3.10. The minimum Gasteiger partial charge on any atom is -0.308 e. The summed E-state index contributed by atoms with van der Waals surface area (Å²) in [6.45, 7) is 3.09. The summed E-state index contributed by atoms with van der Waals surface area (Å²) >= 11 is 0. The van der Waals surface area contributed by atoms with Crippen LogP contribution >= 0.6 is 0 Å². The molecule has 2 N–H and O–H groups in total. The topological polar surface area (TPSA) is 91.7 Å². The molecule has 0 bridgehead atoms. The van der Waals surface area contributed by atoms with Crippen molar-refractivity contribution in [1.29, 1.82) is 0 Å². The fourth-order valence-electron chi connectivity index (χ4n) is 2.67. The molecule has 2 aromatic heterocycles. The summed E-state index contributed by atoms with van der Waals surface area (Å²) in [5.41, 5.74) is 0. The van der Waals surface area contributed by atoms with Gasteiger partial charge >= 0.3 is 0 Å². The molecule has 3 rings (SSSR count). The molecule has 3 heterocycles. The van der Waals surface area contributed by atoms with E-state index in [0.717, 1.165) is 31.0 Å². The number of carbonyl (C=O) groups is 1. The molecule has 112 valence electrons. The number of nitrogens with zero attached hydrogens (tertiary/aromatic N) is 5. The molecule has 0 aromatic carbocycles. The lowest BCUT2D eigenvalue weighted by Gasteiger charge is -2.21. The van der Waals surface area contributed by atoms with Crippen molar-refractivity contribution in [3.8, 4) is 0 Å². The van der Waals surface area contributed by atoms with Crippen LogP contribution < -0.4 is 5.32 Å². The summed E-state index contributed by atoms with van der Waals surface area (Å²) in [7, 11) is 1.82. The number of aryl methyl sites for hydroxylation is 2. The highest BCUT2D eigenvalue weighted by Crippen LogP contribution is 2.29. The largest absolute Gasteiger partial charge is 0.308 e. The van der Waals surface area contributed by atoms with Crippen LogP contribution in [0.3, 0.4) is 0 Å². The van der Waals surface area contributed by atoms with E-state index in [1.165, 1.54) is 0 Å². The lowest BCUT2D eigenvalue weighted by molar-refractivity contribution is -0.117. The van der Waals surface area contributed by atoms with Crippen LogP contribution in [0.4, 0.5) is 5.82 Å². The number of likely N-dealkylation sites (tertiary alicyclic amines) is 1. The smallest absolute Gasteiger partial charge is 0.239 e. The number of anilines is 1. The van der Waals surface area contributed by atoms with Gasteiger partial charge in [-0.25, -0.2) is 4.98 Å². The number of carbonyl (C=O) groups excluding carboxylic acids is 1. The molecule has 0 spiro atoms. The molecular weight excluding hydrogens is 270 g/mol. The fourth-order valence-corrected chi connectivity index (χ4v) is 2.67. The summed E-state index contributed by atoms with van der Waals surface area (Å²) in [6, 6.07) is 1.89. The first-order chi connectivity index (χ1) is 10.1. The maximum absolute atomic E-state index is 12.1. The van der Waals surface area contributed by atoms with Gasteiger partial charge in [0.1, 0.15) is 5.82 Å². The van der Waals surface area contributed by atoms with Gasteiger partial charge in [-0.3, -0.25) is 19.5 Å². The maximum atomic E-state index is 12.1. The van der Waals surface area contributed by atoms with Gasteiger partial charge in [0.05, 0.1) is 12.6 Å². The number of hydrogen-bond donors (Lipinski definition) is 2. The quantitative estimate of drug-likeness (QED) is 0.861. The third-order valence-electron chi connectivity index (χ3n) is 3.60. The molecule has 0 saturated carbocycles. The third-order valence-corrected chi connectivity index (χ3v) is 3.60. The number of rotatable bonds is 4. The lowest BCUT2D eigenvalue weighted by Crippen LogP contribution is -2.33. The van der Waals surface area contributed by atoms with E-state index in [4.69, 9.17) is 0 Å². The maximum Gasteiger partial charge on any atom is 0.239 e. The molecule has 2 aromatic rings. The first-order valence-electron chi connectivity index (χ1n) is 7.04. The van der Waals surface area contributed by atoms with E-state index in [1.807, 2.05) is 14.0 Å². The highest BCUT2D eigenvalue weighted by atomic mass is 16.2. The van der Waals surface area contributed by atoms with Crippen LogP contribution in [0.15, 0.2) is 12.3 Å². The SMILES string of the molecule is Cc1nc([C@H]2CCCN2CC(=O)Nc2ccn(C)n2)n[nH]1. The number of aromatic nitrogens is 5. The van der Waals surface area contributed by atoms with Crippen molar-refractivity contribution in [2.75, 3.05) is 18.4 Å². The zero-order valence-electron chi connectivity index (χ0n) is 12.2. The van der Waals surface area contributed by atoms with Crippen molar-refractivity contribution >= 4 is 11.7 Å². The van der Waals surface area contributed by atoms with Crippen molar-refractivity contribution in [2.45, 2.75) is 25.8 Å². The monoisotopic (exact) mass is 289 g/mol. The molecule has 21 heavy (non-hydrogen) atoms. The molecule has 1 amide bonds. The first-order valence-corrected chi connectivity index (χ1v) is 7.04. The molecule has 8 heteroatoms. The predicted molar refractivity (Wildman–Crippen MR) is 76.5 cm³/mol. The molecule has 8 nitrogen and oxygen atoms in total. The average molecular weight is 289 g/mol. The molecule has 1 aliphatic rings. The number of aromatic amines is 1. The second-order valence-electron chi connectivity index (χ2n) is 5.33. The van der Waals surface area contributed by atoms with Crippen LogP contribution in [-0.2, 0) is 11.8 Å². The fraction of sp³-hybridized carbons (Fsp3) is 0.538. The van der Waals surface area contributed by atoms with Gasteiger partial charge in [0.15, 0.2) is 11.6 Å². The molecule has 1 aliphatic heterocycles. The number of hydrogen-bond acceptors (Lipinski definition) is 5. The van der Waals surface area contributed by atoms with E-state index >= 15 is 0 Å². The molecule has 1 atom stereocenters. The van der Waals surface area contributed by atoms with Crippen LogP contribution in [0.5, 0.6) is 0 Å². The first kappa shape index (κ1) is 13.7. The van der Waals surface area contributed by atoms with Crippen LogP contribution in [0.1, 0.15) is 30.5 Å². The van der Waals surface area contributed by atoms with Crippen molar-refractivity contribution in [3.63, 3.8) is 0 Å². The summed E-state index contributed by atoms with van der Waals surface area (Å²) in [5, 5.41) is 14.0. The lowest BCUT2D eigenvalue weighted by atomic mass is 10.2. The van der Waals surface area contributed by atoms with Gasteiger partial charge in [-0.15, -0.1) is 0 Å². The Bertz CT molecular complexity index is 632. The number of nitrogens with one attached hydrogen (secondary N) is 2. The summed E-state index contributed by atoms with van der Waals surface area (Å²) < 4.78 is 1.66. The van der Waals surface area contributed by atoms with E-state index in [0.29, 0.717) is 12.4 Å². The molecule has 0 unspecified atom stereocenters. The van der Waals surface area contributed by atoms with Gasteiger partial charge in [0.2, 0.25) is 5.91 Å². The van der Waals surface area contributed by atoms with Crippen molar-refractivity contribution in [3.05, 3.63) is 23.9 Å². The van der Waals surface area contributed by atoms with E-state index in [2.05, 4.69) is 30.5 Å². The highest BCUT2D eigenvalue weighted by Gasteiger charge is 2.30. The molecule has 1 fully saturated rings. The Balaban J connectivity index is 1.62. The second kappa shape index (κ2) is 5.65.